The van der Waals surface area contributed by atoms with Gasteiger partial charge in [0, 0.05) is 0 Å². The Balaban J connectivity index is 0.000000500. The molecule has 1 heterocycles. The topological polar surface area (TPSA) is 84.1 Å². The molecule has 2 rings (SSSR count). The summed E-state index contributed by atoms with van der Waals surface area (Å²) < 4.78 is 9.63. The Bertz CT molecular complexity index is 290. The van der Waals surface area contributed by atoms with E-state index < -0.39 is 36.0 Å². The van der Waals surface area contributed by atoms with Crippen LogP contribution < -0.4 is 16.2 Å². The molecule has 0 spiro atoms. The average molecular weight is 337 g/mol. The molecule has 5 nitrogen and oxygen atoms in total. The van der Waals surface area contributed by atoms with Gasteiger partial charge in [0.15, 0.2) is 0 Å². The molecule has 0 fully saturated rings. The van der Waals surface area contributed by atoms with E-state index in [-0.39, 0.29) is 17.0 Å². The second-order valence-corrected chi connectivity index (χ2v) is 3.84. The van der Waals surface area contributed by atoms with Crippen molar-refractivity contribution in [3.63, 3.8) is 0 Å². The van der Waals surface area contributed by atoms with Crippen molar-refractivity contribution < 1.29 is 10.9 Å². The van der Waals surface area contributed by atoms with E-state index in [1.54, 1.807) is 0 Å². The molecule has 0 bridgehead atoms. The van der Waals surface area contributed by atoms with Crippen molar-refractivity contribution in [2.45, 2.75) is 0 Å². The van der Waals surface area contributed by atoms with Crippen LogP contribution in [0.25, 0.3) is 0 Å². The number of rotatable bonds is 0. The molecule has 1 aromatic rings. The van der Waals surface area contributed by atoms with Gasteiger partial charge in [-0.3, -0.25) is 0 Å². The fraction of sp³-hybridized carbons (Fsp3) is 0. The molecule has 10 heavy (non-hydrogen) atoms. The minimum atomic E-state index is -1.50. The summed E-state index contributed by atoms with van der Waals surface area (Å²) in [5, 5.41) is 0. The zero-order valence-electron chi connectivity index (χ0n) is 4.63. The Labute approximate surface area is 68.1 Å². The van der Waals surface area contributed by atoms with E-state index in [1.807, 2.05) is 0 Å². The van der Waals surface area contributed by atoms with E-state index in [1.165, 1.54) is 0 Å². The number of hydrogen-bond acceptors (Lipinski definition) is 4. The van der Waals surface area contributed by atoms with Crippen LogP contribution in [0, 0.1) is 0 Å². The van der Waals surface area contributed by atoms with Gasteiger partial charge in [-0.25, -0.2) is 0 Å². The zero-order chi connectivity index (χ0) is 6.43. The Hall–Kier alpha value is -0.438. The van der Waals surface area contributed by atoms with Crippen LogP contribution in [0.4, 0.5) is 0 Å². The van der Waals surface area contributed by atoms with Crippen molar-refractivity contribution in [3.8, 4) is 11.5 Å². The Morgan fingerprint density at radius 3 is 1.80 bits per heavy atom. The van der Waals surface area contributed by atoms with Gasteiger partial charge in [-0.2, -0.15) is 0 Å². The first kappa shape index (κ1) is 7.67. The van der Waals surface area contributed by atoms with Gasteiger partial charge in [-0.15, -0.1) is 0 Å². The third-order valence-electron chi connectivity index (χ3n) is 1.11. The summed E-state index contributed by atoms with van der Waals surface area (Å²) in [5.41, 5.74) is -1.04. The molecule has 2 N–H and O–H groups in total. The molecule has 1 aliphatic rings. The van der Waals surface area contributed by atoms with Gasteiger partial charge in [0.1, 0.15) is 0 Å². The molecule has 0 atom stereocenters. The minimum absolute atomic E-state index is 0. The molecule has 0 amide bonds. The summed E-state index contributed by atoms with van der Waals surface area (Å²) in [6.07, 6.45) is 0. The molecular formula is C4H2O5Pb. The van der Waals surface area contributed by atoms with Crippen LogP contribution in [-0.2, 0) is 0 Å². The van der Waals surface area contributed by atoms with E-state index in [0.717, 1.165) is 0 Å². The molecule has 1 aromatic carbocycles. The van der Waals surface area contributed by atoms with Gasteiger partial charge in [0.25, 0.3) is 0 Å². The van der Waals surface area contributed by atoms with Crippen LogP contribution in [0.1, 0.15) is 0 Å². The zero-order valence-corrected chi connectivity index (χ0v) is 8.52. The normalized spacial score (nSPS) is 13.2. The van der Waals surface area contributed by atoms with E-state index in [9.17, 15) is 9.59 Å². The van der Waals surface area contributed by atoms with Gasteiger partial charge in [-0.05, 0) is 0 Å². The third-order valence-corrected chi connectivity index (χ3v) is 3.35. The Morgan fingerprint density at radius 1 is 1.00 bits per heavy atom. The molecule has 2 radical (unpaired) electrons. The third kappa shape index (κ3) is 0.700. The average Bonchev–Trinajstić information content (AvgIpc) is 2.30. The molecule has 0 saturated heterocycles. The van der Waals surface area contributed by atoms with Gasteiger partial charge < -0.3 is 5.48 Å². The summed E-state index contributed by atoms with van der Waals surface area (Å²) in [5.74, 6) is 0.367. The van der Waals surface area contributed by atoms with Crippen molar-refractivity contribution in [2.24, 2.45) is 0 Å². The molecule has 0 saturated carbocycles. The van der Waals surface area contributed by atoms with Crippen molar-refractivity contribution in [1.82, 2.24) is 0 Å². The fourth-order valence-electron chi connectivity index (χ4n) is 0.640. The van der Waals surface area contributed by atoms with Crippen molar-refractivity contribution in [1.29, 1.82) is 0 Å². The van der Waals surface area contributed by atoms with Gasteiger partial charge in [0.2, 0.25) is 0 Å². The van der Waals surface area contributed by atoms with Crippen LogP contribution >= 0.6 is 0 Å². The SMILES string of the molecule is O.O=c1c2c(c1=O)[O][Pb][O]2. The first-order valence-electron chi connectivity index (χ1n) is 2.22. The van der Waals surface area contributed by atoms with Gasteiger partial charge in [0.05, 0.1) is 0 Å². The van der Waals surface area contributed by atoms with Crippen LogP contribution in [-0.4, -0.2) is 30.6 Å². The van der Waals surface area contributed by atoms with E-state index in [0.29, 0.717) is 0 Å². The summed E-state index contributed by atoms with van der Waals surface area (Å²) >= 11 is -1.50. The second kappa shape index (κ2) is 2.31. The first-order chi connectivity index (χ1) is 4.30. The summed E-state index contributed by atoms with van der Waals surface area (Å²) in [6.45, 7) is 0. The summed E-state index contributed by atoms with van der Waals surface area (Å²) in [7, 11) is 0. The Kier molecular flexibility index (Phi) is 1.77. The fourth-order valence-corrected chi connectivity index (χ4v) is 2.89. The molecular weight excluding hydrogens is 335 g/mol. The predicted molar refractivity (Wildman–Crippen MR) is 32.0 cm³/mol. The van der Waals surface area contributed by atoms with E-state index in [4.69, 9.17) is 5.37 Å². The standard InChI is InChI=1S/C4H2O4.H2O.Pb/c5-1-2(6)4(8)3(1)7;;/h5-6H;1H2;/q;;+2/p-2. The first-order valence-corrected chi connectivity index (χ1v) is 5.40. The molecule has 0 unspecified atom stereocenters. The quantitative estimate of drug-likeness (QED) is 0.396. The van der Waals surface area contributed by atoms with Gasteiger partial charge >= 0.3 is 62.5 Å². The number of hydrogen-bond donors (Lipinski definition) is 0. The van der Waals surface area contributed by atoms with Crippen LogP contribution in [0.15, 0.2) is 9.59 Å². The van der Waals surface area contributed by atoms with Crippen LogP contribution in [0.3, 0.4) is 0 Å². The maximum atomic E-state index is 10.5. The molecule has 0 aliphatic carbocycles. The van der Waals surface area contributed by atoms with Crippen LogP contribution in [0.2, 0.25) is 0 Å². The van der Waals surface area contributed by atoms with Crippen molar-refractivity contribution in [2.75, 3.05) is 0 Å². The summed E-state index contributed by atoms with van der Waals surface area (Å²) in [4.78, 5) is 20.9. The predicted octanol–water partition coefficient (Wildman–Crippen LogP) is -2.24. The van der Waals surface area contributed by atoms with E-state index in [2.05, 4.69) is 0 Å². The van der Waals surface area contributed by atoms with Gasteiger partial charge in [-0.1, -0.05) is 0 Å². The molecule has 52 valence electrons. The van der Waals surface area contributed by atoms with Crippen LogP contribution in [0.5, 0.6) is 11.5 Å². The summed E-state index contributed by atoms with van der Waals surface area (Å²) in [6, 6.07) is 0. The Morgan fingerprint density at radius 2 is 1.40 bits per heavy atom. The monoisotopic (exact) mass is 338 g/mol. The number of fused-ring (bicyclic) bond motifs is 1. The molecule has 6 heteroatoms. The van der Waals surface area contributed by atoms with E-state index >= 15 is 0 Å². The maximum absolute atomic E-state index is 10.5. The molecule has 1 aliphatic heterocycles. The molecule has 0 aromatic heterocycles. The second-order valence-electron chi connectivity index (χ2n) is 1.60. The van der Waals surface area contributed by atoms with Crippen molar-refractivity contribution >= 4 is 25.1 Å². The van der Waals surface area contributed by atoms with Crippen molar-refractivity contribution in [3.05, 3.63) is 20.4 Å².